The highest BCUT2D eigenvalue weighted by molar-refractivity contribution is 7.98. The van der Waals surface area contributed by atoms with Crippen LogP contribution < -0.4 is 9.64 Å². The number of benzene rings is 2. The van der Waals surface area contributed by atoms with Crippen LogP contribution in [-0.4, -0.2) is 50.5 Å². The Hall–Kier alpha value is -1.65. The van der Waals surface area contributed by atoms with Crippen molar-refractivity contribution in [1.29, 1.82) is 0 Å². The van der Waals surface area contributed by atoms with Gasteiger partial charge in [-0.1, -0.05) is 18.2 Å². The van der Waals surface area contributed by atoms with E-state index in [-0.39, 0.29) is 0 Å². The molecule has 3 rings (SSSR count). The minimum absolute atomic E-state index is 0.789. The van der Waals surface area contributed by atoms with Gasteiger partial charge < -0.3 is 9.64 Å². The maximum Gasteiger partial charge on any atom is 0.119 e. The molecule has 1 heterocycles. The molecule has 0 unspecified atom stereocenters. The van der Waals surface area contributed by atoms with Crippen molar-refractivity contribution in [2.45, 2.75) is 11.3 Å². The molecule has 24 heavy (non-hydrogen) atoms. The molecule has 0 N–H and O–H groups in total. The summed E-state index contributed by atoms with van der Waals surface area (Å²) in [5.41, 5.74) is 1.34. The second-order valence-electron chi connectivity index (χ2n) is 6.04. The minimum atomic E-state index is 0.789. The van der Waals surface area contributed by atoms with Crippen LogP contribution in [0.25, 0.3) is 0 Å². The van der Waals surface area contributed by atoms with Crippen molar-refractivity contribution in [2.75, 3.05) is 50.5 Å². The predicted molar refractivity (Wildman–Crippen MR) is 103 cm³/mol. The van der Waals surface area contributed by atoms with Gasteiger partial charge in [0.15, 0.2) is 0 Å². The van der Waals surface area contributed by atoms with E-state index in [9.17, 15) is 0 Å². The van der Waals surface area contributed by atoms with Gasteiger partial charge in [0, 0.05) is 43.3 Å². The maximum absolute atomic E-state index is 5.84. The molecule has 2 aromatic carbocycles. The van der Waals surface area contributed by atoms with Gasteiger partial charge in [0.05, 0.1) is 6.61 Å². The van der Waals surface area contributed by atoms with Crippen molar-refractivity contribution in [3.05, 3.63) is 54.6 Å². The number of nitrogens with zero attached hydrogens (tertiary/aromatic N) is 2. The minimum Gasteiger partial charge on any atom is -0.494 e. The van der Waals surface area contributed by atoms with Gasteiger partial charge in [0.25, 0.3) is 0 Å². The Morgan fingerprint density at radius 1 is 0.917 bits per heavy atom. The van der Waals surface area contributed by atoms with E-state index in [0.717, 1.165) is 51.5 Å². The van der Waals surface area contributed by atoms with Crippen LogP contribution in [0.1, 0.15) is 6.42 Å². The number of hydrogen-bond donors (Lipinski definition) is 0. The largest absolute Gasteiger partial charge is 0.494 e. The molecule has 128 valence electrons. The summed E-state index contributed by atoms with van der Waals surface area (Å²) in [5.74, 6) is 0.974. The molecule has 1 aliphatic rings. The molecule has 1 saturated heterocycles. The highest BCUT2D eigenvalue weighted by atomic mass is 32.2. The van der Waals surface area contributed by atoms with Crippen molar-refractivity contribution in [2.24, 2.45) is 0 Å². The van der Waals surface area contributed by atoms with Crippen molar-refractivity contribution in [1.82, 2.24) is 4.90 Å². The van der Waals surface area contributed by atoms with Gasteiger partial charge in [-0.25, -0.2) is 0 Å². The normalized spacial score (nSPS) is 15.5. The second-order valence-corrected chi connectivity index (χ2v) is 6.92. The molecule has 0 saturated carbocycles. The molecule has 1 fully saturated rings. The summed E-state index contributed by atoms with van der Waals surface area (Å²) in [7, 11) is 0. The maximum atomic E-state index is 5.84. The molecule has 0 aromatic heterocycles. The molecule has 4 heteroatoms. The number of anilines is 1. The fraction of sp³-hybridized carbons (Fsp3) is 0.400. The number of rotatable bonds is 7. The number of piperazine rings is 1. The van der Waals surface area contributed by atoms with E-state index in [4.69, 9.17) is 4.74 Å². The smallest absolute Gasteiger partial charge is 0.119 e. The van der Waals surface area contributed by atoms with Gasteiger partial charge in [-0.2, -0.15) is 0 Å². The zero-order valence-corrected chi connectivity index (χ0v) is 15.2. The van der Waals surface area contributed by atoms with E-state index in [2.05, 4.69) is 70.7 Å². The van der Waals surface area contributed by atoms with Crippen LogP contribution in [0.15, 0.2) is 59.5 Å². The zero-order chi connectivity index (χ0) is 16.6. The van der Waals surface area contributed by atoms with Gasteiger partial charge in [0.2, 0.25) is 0 Å². The van der Waals surface area contributed by atoms with Gasteiger partial charge in [-0.15, -0.1) is 11.8 Å². The van der Waals surface area contributed by atoms with Crippen molar-refractivity contribution >= 4 is 17.4 Å². The lowest BCUT2D eigenvalue weighted by Crippen LogP contribution is -2.46. The van der Waals surface area contributed by atoms with Crippen LogP contribution >= 0.6 is 11.8 Å². The molecule has 0 aliphatic carbocycles. The Morgan fingerprint density at radius 2 is 1.62 bits per heavy atom. The van der Waals surface area contributed by atoms with Crippen molar-refractivity contribution < 1.29 is 4.74 Å². The average Bonchev–Trinajstić information content (AvgIpc) is 2.67. The van der Waals surface area contributed by atoms with Crippen LogP contribution in [0, 0.1) is 0 Å². The van der Waals surface area contributed by atoms with Crippen LogP contribution in [0.5, 0.6) is 5.75 Å². The van der Waals surface area contributed by atoms with E-state index in [1.54, 1.807) is 11.8 Å². The lowest BCUT2D eigenvalue weighted by molar-refractivity contribution is 0.224. The first-order valence-electron chi connectivity index (χ1n) is 8.64. The molecule has 0 bridgehead atoms. The highest BCUT2D eigenvalue weighted by Crippen LogP contribution is 2.19. The quantitative estimate of drug-likeness (QED) is 0.558. The van der Waals surface area contributed by atoms with E-state index < -0.39 is 0 Å². The molecule has 0 atom stereocenters. The summed E-state index contributed by atoms with van der Waals surface area (Å²) in [6, 6.07) is 19.1. The number of para-hydroxylation sites is 1. The molecule has 0 spiro atoms. The predicted octanol–water partition coefficient (Wildman–Crippen LogP) is 4.00. The van der Waals surface area contributed by atoms with E-state index >= 15 is 0 Å². The van der Waals surface area contributed by atoms with Crippen LogP contribution in [0.2, 0.25) is 0 Å². The fourth-order valence-electron chi connectivity index (χ4n) is 3.02. The van der Waals surface area contributed by atoms with Crippen LogP contribution in [0.4, 0.5) is 5.69 Å². The third kappa shape index (κ3) is 4.92. The third-order valence-electron chi connectivity index (χ3n) is 4.44. The Morgan fingerprint density at radius 3 is 2.29 bits per heavy atom. The Balaban J connectivity index is 1.33. The summed E-state index contributed by atoms with van der Waals surface area (Å²) in [6.07, 6.45) is 3.17. The van der Waals surface area contributed by atoms with E-state index in [1.807, 2.05) is 0 Å². The molecular weight excluding hydrogens is 316 g/mol. The van der Waals surface area contributed by atoms with Crippen LogP contribution in [0.3, 0.4) is 0 Å². The monoisotopic (exact) mass is 342 g/mol. The summed E-state index contributed by atoms with van der Waals surface area (Å²) in [5, 5.41) is 0. The molecule has 1 aliphatic heterocycles. The van der Waals surface area contributed by atoms with Crippen molar-refractivity contribution in [3.63, 3.8) is 0 Å². The van der Waals surface area contributed by atoms with Gasteiger partial charge in [-0.05, 0) is 49.1 Å². The SMILES string of the molecule is CSc1ccc(OCCCN2CCN(c3ccccc3)CC2)cc1. The first kappa shape index (κ1) is 17.2. The van der Waals surface area contributed by atoms with Gasteiger partial charge >= 0.3 is 0 Å². The molecular formula is C20H26N2OS. The second kappa shape index (κ2) is 9.00. The Labute approximate surface area is 149 Å². The average molecular weight is 343 g/mol. The summed E-state index contributed by atoms with van der Waals surface area (Å²) < 4.78 is 5.84. The summed E-state index contributed by atoms with van der Waals surface area (Å²) in [4.78, 5) is 6.29. The third-order valence-corrected chi connectivity index (χ3v) is 5.18. The fourth-order valence-corrected chi connectivity index (χ4v) is 3.43. The Kier molecular flexibility index (Phi) is 6.44. The topological polar surface area (TPSA) is 15.7 Å². The molecule has 3 nitrogen and oxygen atoms in total. The lowest BCUT2D eigenvalue weighted by Gasteiger charge is -2.36. The van der Waals surface area contributed by atoms with E-state index in [1.165, 1.54) is 10.6 Å². The highest BCUT2D eigenvalue weighted by Gasteiger charge is 2.16. The van der Waals surface area contributed by atoms with E-state index in [0.29, 0.717) is 0 Å². The first-order valence-corrected chi connectivity index (χ1v) is 9.87. The van der Waals surface area contributed by atoms with Gasteiger partial charge in [-0.3, -0.25) is 4.90 Å². The molecule has 2 aromatic rings. The van der Waals surface area contributed by atoms with Crippen LogP contribution in [-0.2, 0) is 0 Å². The first-order chi connectivity index (χ1) is 11.8. The van der Waals surface area contributed by atoms with Crippen molar-refractivity contribution in [3.8, 4) is 5.75 Å². The number of hydrogen-bond acceptors (Lipinski definition) is 4. The molecule has 0 amide bonds. The summed E-state index contributed by atoms with van der Waals surface area (Å²) in [6.45, 7) is 6.40. The number of ether oxygens (including phenoxy) is 1. The molecule has 0 radical (unpaired) electrons. The van der Waals surface area contributed by atoms with Gasteiger partial charge in [0.1, 0.15) is 5.75 Å². The standard InChI is InChI=1S/C20H26N2OS/c1-24-20-10-8-19(9-11-20)23-17-5-12-21-13-15-22(16-14-21)18-6-3-2-4-7-18/h2-4,6-11H,5,12-17H2,1H3. The zero-order valence-electron chi connectivity index (χ0n) is 14.4. The lowest BCUT2D eigenvalue weighted by atomic mass is 10.2. The summed E-state index contributed by atoms with van der Waals surface area (Å²) >= 11 is 1.76. The Bertz CT molecular complexity index is 595. The number of thioether (sulfide) groups is 1.